The van der Waals surface area contributed by atoms with Gasteiger partial charge in [-0.15, -0.1) is 11.3 Å². The molecule has 122 valence electrons. The van der Waals surface area contributed by atoms with Crippen LogP contribution in [-0.4, -0.2) is 18.4 Å². The molecule has 2 aromatic heterocycles. The molecule has 0 unspecified atom stereocenters. The number of hydrogen-bond donors (Lipinski definition) is 2. The number of hydrogen-bond acceptors (Lipinski definition) is 4. The highest BCUT2D eigenvalue weighted by Crippen LogP contribution is 2.16. The van der Waals surface area contributed by atoms with Crippen LogP contribution in [0.2, 0.25) is 0 Å². The van der Waals surface area contributed by atoms with Gasteiger partial charge in [0.15, 0.2) is 5.76 Å². The first-order chi connectivity index (χ1) is 11.7. The van der Waals surface area contributed by atoms with Gasteiger partial charge in [-0.1, -0.05) is 18.2 Å². The molecule has 2 N–H and O–H groups in total. The van der Waals surface area contributed by atoms with Gasteiger partial charge in [0.2, 0.25) is 0 Å². The normalized spacial score (nSPS) is 10.3. The molecule has 0 aliphatic rings. The van der Waals surface area contributed by atoms with E-state index < -0.39 is 0 Å². The Morgan fingerprint density at radius 3 is 2.62 bits per heavy atom. The van der Waals surface area contributed by atoms with Gasteiger partial charge in [-0.05, 0) is 42.1 Å². The molecule has 0 saturated heterocycles. The lowest BCUT2D eigenvalue weighted by Crippen LogP contribution is -2.27. The van der Waals surface area contributed by atoms with E-state index in [0.717, 1.165) is 6.42 Å². The second kappa shape index (κ2) is 7.61. The first-order valence-corrected chi connectivity index (χ1v) is 8.36. The van der Waals surface area contributed by atoms with Crippen molar-refractivity contribution in [3.05, 3.63) is 76.4 Å². The number of nitrogens with one attached hydrogen (secondary N) is 2. The zero-order valence-electron chi connectivity index (χ0n) is 12.8. The van der Waals surface area contributed by atoms with Crippen molar-refractivity contribution in [1.29, 1.82) is 0 Å². The Morgan fingerprint density at radius 1 is 1.00 bits per heavy atom. The molecule has 5 nitrogen and oxygen atoms in total. The van der Waals surface area contributed by atoms with Gasteiger partial charge in [-0.3, -0.25) is 9.59 Å². The SMILES string of the molecule is O=C(Nc1ccccc1C(=O)NCCc1cccs1)c1ccco1. The van der Waals surface area contributed by atoms with Gasteiger partial charge in [0.1, 0.15) is 0 Å². The second-order valence-electron chi connectivity index (χ2n) is 5.06. The third-order valence-electron chi connectivity index (χ3n) is 3.40. The quantitative estimate of drug-likeness (QED) is 0.721. The van der Waals surface area contributed by atoms with Crippen molar-refractivity contribution in [3.8, 4) is 0 Å². The summed E-state index contributed by atoms with van der Waals surface area (Å²) in [5.74, 6) is -0.413. The van der Waals surface area contributed by atoms with Crippen LogP contribution in [0.4, 0.5) is 5.69 Å². The predicted octanol–water partition coefficient (Wildman–Crippen LogP) is 3.57. The molecule has 3 rings (SSSR count). The Morgan fingerprint density at radius 2 is 1.88 bits per heavy atom. The van der Waals surface area contributed by atoms with Crippen LogP contribution in [-0.2, 0) is 6.42 Å². The van der Waals surface area contributed by atoms with Crippen LogP contribution in [0.3, 0.4) is 0 Å². The van der Waals surface area contributed by atoms with Crippen LogP contribution in [0.5, 0.6) is 0 Å². The van der Waals surface area contributed by atoms with Crippen molar-refractivity contribution in [2.75, 3.05) is 11.9 Å². The van der Waals surface area contributed by atoms with Gasteiger partial charge in [0.25, 0.3) is 11.8 Å². The summed E-state index contributed by atoms with van der Waals surface area (Å²) >= 11 is 1.66. The van der Waals surface area contributed by atoms with Crippen molar-refractivity contribution >= 4 is 28.8 Å². The minimum atomic E-state index is -0.390. The fourth-order valence-electron chi connectivity index (χ4n) is 2.23. The topological polar surface area (TPSA) is 71.3 Å². The van der Waals surface area contributed by atoms with E-state index in [9.17, 15) is 9.59 Å². The summed E-state index contributed by atoms with van der Waals surface area (Å²) in [6, 6.07) is 14.1. The lowest BCUT2D eigenvalue weighted by atomic mass is 10.1. The van der Waals surface area contributed by atoms with Gasteiger partial charge in [0.05, 0.1) is 17.5 Å². The third kappa shape index (κ3) is 3.91. The smallest absolute Gasteiger partial charge is 0.291 e. The van der Waals surface area contributed by atoms with Crippen molar-refractivity contribution < 1.29 is 14.0 Å². The first-order valence-electron chi connectivity index (χ1n) is 7.48. The summed E-state index contributed by atoms with van der Waals surface area (Å²) in [5.41, 5.74) is 0.871. The zero-order chi connectivity index (χ0) is 16.8. The molecular formula is C18H16N2O3S. The average molecular weight is 340 g/mol. The van der Waals surface area contributed by atoms with Gasteiger partial charge in [-0.2, -0.15) is 0 Å². The fourth-order valence-corrected chi connectivity index (χ4v) is 2.94. The maximum absolute atomic E-state index is 12.4. The van der Waals surface area contributed by atoms with Crippen molar-refractivity contribution in [1.82, 2.24) is 5.32 Å². The van der Waals surface area contributed by atoms with E-state index >= 15 is 0 Å². The van der Waals surface area contributed by atoms with E-state index in [1.165, 1.54) is 11.1 Å². The lowest BCUT2D eigenvalue weighted by molar-refractivity contribution is 0.0955. The summed E-state index contributed by atoms with van der Waals surface area (Å²) in [4.78, 5) is 25.7. The van der Waals surface area contributed by atoms with E-state index in [-0.39, 0.29) is 17.6 Å². The summed E-state index contributed by atoms with van der Waals surface area (Å²) in [7, 11) is 0. The highest BCUT2D eigenvalue weighted by molar-refractivity contribution is 7.09. The average Bonchev–Trinajstić information content (AvgIpc) is 3.29. The highest BCUT2D eigenvalue weighted by atomic mass is 32.1. The summed E-state index contributed by atoms with van der Waals surface area (Å²) in [5, 5.41) is 7.60. The molecule has 0 radical (unpaired) electrons. The molecule has 0 aliphatic carbocycles. The maximum atomic E-state index is 12.4. The largest absolute Gasteiger partial charge is 0.459 e. The molecule has 0 saturated carbocycles. The monoisotopic (exact) mass is 340 g/mol. The number of carbonyl (C=O) groups is 2. The van der Waals surface area contributed by atoms with Crippen LogP contribution < -0.4 is 10.6 Å². The number of benzene rings is 1. The summed E-state index contributed by atoms with van der Waals surface area (Å²) < 4.78 is 5.06. The Hall–Kier alpha value is -2.86. The van der Waals surface area contributed by atoms with E-state index in [4.69, 9.17) is 4.42 Å². The number of thiophene rings is 1. The molecule has 24 heavy (non-hydrogen) atoms. The lowest BCUT2D eigenvalue weighted by Gasteiger charge is -2.10. The molecule has 0 bridgehead atoms. The second-order valence-corrected chi connectivity index (χ2v) is 6.09. The van der Waals surface area contributed by atoms with Crippen LogP contribution >= 0.6 is 11.3 Å². The van der Waals surface area contributed by atoms with Gasteiger partial charge >= 0.3 is 0 Å². The molecule has 0 fully saturated rings. The molecule has 1 aromatic carbocycles. The van der Waals surface area contributed by atoms with E-state index in [1.807, 2.05) is 17.5 Å². The van der Waals surface area contributed by atoms with Gasteiger partial charge in [0, 0.05) is 11.4 Å². The van der Waals surface area contributed by atoms with Crippen LogP contribution in [0, 0.1) is 0 Å². The molecule has 0 spiro atoms. The summed E-state index contributed by atoms with van der Waals surface area (Å²) in [6.45, 7) is 0.541. The Kier molecular flexibility index (Phi) is 5.08. The minimum Gasteiger partial charge on any atom is -0.459 e. The van der Waals surface area contributed by atoms with Crippen molar-refractivity contribution in [3.63, 3.8) is 0 Å². The number of para-hydroxylation sites is 1. The standard InChI is InChI=1S/C18H16N2O3S/c21-17(19-10-9-13-5-4-12-24-13)14-6-1-2-7-15(14)20-18(22)16-8-3-11-23-16/h1-8,11-12H,9-10H2,(H,19,21)(H,20,22). The van der Waals surface area contributed by atoms with Crippen LogP contribution in [0.1, 0.15) is 25.8 Å². The Labute approximate surface area is 143 Å². The van der Waals surface area contributed by atoms with Crippen LogP contribution in [0.25, 0.3) is 0 Å². The van der Waals surface area contributed by atoms with E-state index in [0.29, 0.717) is 17.8 Å². The molecule has 2 amide bonds. The predicted molar refractivity (Wildman–Crippen MR) is 93.5 cm³/mol. The summed E-state index contributed by atoms with van der Waals surface area (Å²) in [6.07, 6.45) is 2.21. The number of furan rings is 1. The number of amides is 2. The van der Waals surface area contributed by atoms with Gasteiger partial charge < -0.3 is 15.1 Å². The fraction of sp³-hybridized carbons (Fsp3) is 0.111. The first kappa shape index (κ1) is 16.0. The van der Waals surface area contributed by atoms with Crippen molar-refractivity contribution in [2.24, 2.45) is 0 Å². The molecule has 0 atom stereocenters. The van der Waals surface area contributed by atoms with Gasteiger partial charge in [-0.25, -0.2) is 0 Å². The number of rotatable bonds is 6. The molecular weight excluding hydrogens is 324 g/mol. The Balaban J connectivity index is 1.64. The molecule has 3 aromatic rings. The van der Waals surface area contributed by atoms with E-state index in [1.54, 1.807) is 47.7 Å². The molecule has 2 heterocycles. The number of carbonyl (C=O) groups excluding carboxylic acids is 2. The highest BCUT2D eigenvalue weighted by Gasteiger charge is 2.15. The Bertz CT molecular complexity index is 811. The van der Waals surface area contributed by atoms with Crippen molar-refractivity contribution in [2.45, 2.75) is 6.42 Å². The minimum absolute atomic E-state index is 0.197. The molecule has 6 heteroatoms. The number of anilines is 1. The van der Waals surface area contributed by atoms with Crippen LogP contribution in [0.15, 0.2) is 64.6 Å². The van der Waals surface area contributed by atoms with E-state index in [2.05, 4.69) is 10.6 Å². The zero-order valence-corrected chi connectivity index (χ0v) is 13.6. The third-order valence-corrected chi connectivity index (χ3v) is 4.34. The molecule has 0 aliphatic heterocycles. The maximum Gasteiger partial charge on any atom is 0.291 e.